The van der Waals surface area contributed by atoms with Crippen molar-refractivity contribution in [1.82, 2.24) is 9.96 Å². The maximum atomic E-state index is 11.7. The Morgan fingerprint density at radius 1 is 1.40 bits per heavy atom. The van der Waals surface area contributed by atoms with E-state index in [-0.39, 0.29) is 23.7 Å². The van der Waals surface area contributed by atoms with Crippen LogP contribution in [0.5, 0.6) is 0 Å². The van der Waals surface area contributed by atoms with E-state index in [1.54, 1.807) is 7.05 Å². The monoisotopic (exact) mass is 214 g/mol. The molecule has 2 fully saturated rings. The fraction of sp³-hybridized carbons (Fsp3) is 0.778. The van der Waals surface area contributed by atoms with Crippen LogP contribution in [0, 0.1) is 17.8 Å². The maximum Gasteiger partial charge on any atom is 0.407 e. The minimum absolute atomic E-state index is 0.0365. The lowest BCUT2D eigenvalue weighted by atomic mass is 10.2. The highest BCUT2D eigenvalue weighted by molar-refractivity contribution is 5.82. The van der Waals surface area contributed by atoms with Gasteiger partial charge in [-0.1, -0.05) is 0 Å². The predicted molar refractivity (Wildman–Crippen MR) is 49.8 cm³/mol. The van der Waals surface area contributed by atoms with Gasteiger partial charge in [-0.05, 0) is 11.8 Å². The zero-order valence-electron chi connectivity index (χ0n) is 8.71. The molecule has 1 N–H and O–H groups in total. The van der Waals surface area contributed by atoms with E-state index in [1.807, 2.05) is 0 Å². The van der Waals surface area contributed by atoms with Crippen LogP contribution < -0.4 is 0 Å². The molecule has 84 valence electrons. The summed E-state index contributed by atoms with van der Waals surface area (Å²) in [4.78, 5) is 28.5. The summed E-state index contributed by atoms with van der Waals surface area (Å²) in [5.41, 5.74) is 0. The lowest BCUT2D eigenvalue weighted by molar-refractivity contribution is -0.171. The second-order valence-corrected chi connectivity index (χ2v) is 4.06. The number of hydrogen-bond acceptors (Lipinski definition) is 3. The molecule has 6 heteroatoms. The Balaban J connectivity index is 1.89. The van der Waals surface area contributed by atoms with Crippen molar-refractivity contribution in [2.24, 2.45) is 17.8 Å². The van der Waals surface area contributed by atoms with E-state index in [2.05, 4.69) is 0 Å². The fourth-order valence-electron chi connectivity index (χ4n) is 2.35. The molecule has 0 unspecified atom stereocenters. The van der Waals surface area contributed by atoms with E-state index in [0.717, 1.165) is 0 Å². The number of hydrogen-bond donors (Lipinski definition) is 1. The number of rotatable bonds is 2. The van der Waals surface area contributed by atoms with Crippen molar-refractivity contribution >= 4 is 12.0 Å². The Kier molecular flexibility index (Phi) is 2.30. The first-order valence-corrected chi connectivity index (χ1v) is 4.85. The number of carbonyl (C=O) groups excluding carboxylic acids is 1. The fourth-order valence-corrected chi connectivity index (χ4v) is 2.35. The molecule has 1 saturated carbocycles. The highest BCUT2D eigenvalue weighted by Gasteiger charge is 2.61. The minimum Gasteiger partial charge on any atom is -0.465 e. The van der Waals surface area contributed by atoms with Gasteiger partial charge in [-0.15, -0.1) is 0 Å². The molecule has 0 spiro atoms. The van der Waals surface area contributed by atoms with Gasteiger partial charge < -0.3 is 10.0 Å². The van der Waals surface area contributed by atoms with Crippen LogP contribution in [0.25, 0.3) is 0 Å². The van der Waals surface area contributed by atoms with Crippen LogP contribution in [0.2, 0.25) is 0 Å². The standard InChI is InChI=1S/C9H14N2O4/c1-10(15-2)8(12)7-5-3-11(9(13)14)4-6(5)7/h5-7H,3-4H2,1-2H3,(H,13,14)/t5-,6+,7-. The predicted octanol–water partition coefficient (Wildman–Crippen LogP) is -0.138. The average molecular weight is 214 g/mol. The van der Waals surface area contributed by atoms with Gasteiger partial charge >= 0.3 is 6.09 Å². The molecule has 0 aromatic heterocycles. The number of amides is 2. The second-order valence-electron chi connectivity index (χ2n) is 4.06. The molecule has 0 bridgehead atoms. The van der Waals surface area contributed by atoms with Crippen LogP contribution in [0.4, 0.5) is 4.79 Å². The van der Waals surface area contributed by atoms with E-state index in [4.69, 9.17) is 9.94 Å². The smallest absolute Gasteiger partial charge is 0.407 e. The Morgan fingerprint density at radius 2 is 1.93 bits per heavy atom. The Hall–Kier alpha value is -1.30. The van der Waals surface area contributed by atoms with Crippen molar-refractivity contribution < 1.29 is 19.5 Å². The summed E-state index contributed by atoms with van der Waals surface area (Å²) in [6.07, 6.45) is -0.895. The summed E-state index contributed by atoms with van der Waals surface area (Å²) in [5, 5.41) is 9.95. The molecule has 15 heavy (non-hydrogen) atoms. The van der Waals surface area contributed by atoms with Gasteiger partial charge in [-0.2, -0.15) is 0 Å². The molecule has 3 atom stereocenters. The molecule has 1 aliphatic heterocycles. The van der Waals surface area contributed by atoms with E-state index in [0.29, 0.717) is 13.1 Å². The van der Waals surface area contributed by atoms with Crippen molar-refractivity contribution in [1.29, 1.82) is 0 Å². The number of carboxylic acid groups (broad SMARTS) is 1. The van der Waals surface area contributed by atoms with Gasteiger partial charge in [0.2, 0.25) is 5.91 Å². The first kappa shape index (κ1) is 10.2. The van der Waals surface area contributed by atoms with E-state index in [1.165, 1.54) is 17.1 Å². The molecule has 0 aromatic rings. The van der Waals surface area contributed by atoms with Gasteiger partial charge in [-0.25, -0.2) is 9.86 Å². The van der Waals surface area contributed by atoms with Crippen LogP contribution in [-0.4, -0.2) is 54.3 Å². The van der Waals surface area contributed by atoms with Gasteiger partial charge in [0.05, 0.1) is 13.0 Å². The summed E-state index contributed by atoms with van der Waals surface area (Å²) >= 11 is 0. The Morgan fingerprint density at radius 3 is 2.33 bits per heavy atom. The number of fused-ring (bicyclic) bond motifs is 1. The average Bonchev–Trinajstić information content (AvgIpc) is 2.69. The van der Waals surface area contributed by atoms with Crippen LogP contribution in [0.15, 0.2) is 0 Å². The molecule has 1 heterocycles. The summed E-state index contributed by atoms with van der Waals surface area (Å²) in [5.74, 6) is 0.320. The number of carbonyl (C=O) groups is 2. The third-order valence-corrected chi connectivity index (χ3v) is 3.33. The lowest BCUT2D eigenvalue weighted by Gasteiger charge is -2.18. The topological polar surface area (TPSA) is 70.1 Å². The lowest BCUT2D eigenvalue weighted by Crippen LogP contribution is -2.34. The third-order valence-electron chi connectivity index (χ3n) is 3.33. The maximum absolute atomic E-state index is 11.7. The highest BCUT2D eigenvalue weighted by atomic mass is 16.7. The number of nitrogens with zero attached hydrogens (tertiary/aromatic N) is 2. The normalized spacial score (nSPS) is 32.4. The van der Waals surface area contributed by atoms with E-state index in [9.17, 15) is 9.59 Å². The molecule has 6 nitrogen and oxygen atoms in total. The molecular weight excluding hydrogens is 200 g/mol. The summed E-state index contributed by atoms with van der Waals surface area (Å²) in [7, 11) is 3.02. The van der Waals surface area contributed by atoms with Crippen molar-refractivity contribution in [2.75, 3.05) is 27.2 Å². The van der Waals surface area contributed by atoms with Gasteiger partial charge in [-0.3, -0.25) is 9.63 Å². The Labute approximate surface area is 87.4 Å². The van der Waals surface area contributed by atoms with Crippen LogP contribution in [-0.2, 0) is 9.63 Å². The molecule has 1 aliphatic carbocycles. The number of likely N-dealkylation sites (tertiary alicyclic amines) is 1. The largest absolute Gasteiger partial charge is 0.465 e. The van der Waals surface area contributed by atoms with Gasteiger partial charge in [0.25, 0.3) is 0 Å². The van der Waals surface area contributed by atoms with Crippen molar-refractivity contribution in [3.05, 3.63) is 0 Å². The number of piperidine rings is 1. The van der Waals surface area contributed by atoms with Crippen LogP contribution >= 0.6 is 0 Å². The molecule has 0 aromatic carbocycles. The van der Waals surface area contributed by atoms with Crippen molar-refractivity contribution in [3.8, 4) is 0 Å². The number of hydroxylamine groups is 2. The van der Waals surface area contributed by atoms with Gasteiger partial charge in [0.1, 0.15) is 0 Å². The molecule has 1 saturated heterocycles. The molecule has 2 amide bonds. The van der Waals surface area contributed by atoms with Crippen molar-refractivity contribution in [2.45, 2.75) is 0 Å². The first-order valence-electron chi connectivity index (χ1n) is 4.85. The van der Waals surface area contributed by atoms with E-state index < -0.39 is 6.09 Å². The first-order chi connectivity index (χ1) is 7.06. The van der Waals surface area contributed by atoms with Crippen molar-refractivity contribution in [3.63, 3.8) is 0 Å². The van der Waals surface area contributed by atoms with E-state index >= 15 is 0 Å². The quantitative estimate of drug-likeness (QED) is 0.650. The minimum atomic E-state index is -0.895. The SMILES string of the molecule is CON(C)C(=O)[C@@H]1[C@@H]2CN(C(=O)O)C[C@@H]21. The highest BCUT2D eigenvalue weighted by Crippen LogP contribution is 2.52. The molecule has 2 rings (SSSR count). The second kappa shape index (κ2) is 3.37. The van der Waals surface area contributed by atoms with Crippen LogP contribution in [0.1, 0.15) is 0 Å². The van der Waals surface area contributed by atoms with Crippen LogP contribution in [0.3, 0.4) is 0 Å². The summed E-state index contributed by atoms with van der Waals surface area (Å²) in [6.45, 7) is 0.960. The van der Waals surface area contributed by atoms with Gasteiger partial charge in [0.15, 0.2) is 0 Å². The Bertz CT molecular complexity index is 294. The summed E-state index contributed by atoms with van der Waals surface area (Å²) in [6, 6.07) is 0. The summed E-state index contributed by atoms with van der Waals surface area (Å²) < 4.78 is 0. The molecular formula is C9H14N2O4. The molecule has 2 aliphatic rings. The third kappa shape index (κ3) is 1.54. The molecule has 0 radical (unpaired) electrons. The zero-order valence-corrected chi connectivity index (χ0v) is 8.71. The van der Waals surface area contributed by atoms with Gasteiger partial charge in [0, 0.05) is 20.1 Å². The zero-order chi connectivity index (χ0) is 11.2.